The molecule has 2 N–H and O–H groups in total. The molecule has 0 bridgehead atoms. The Bertz CT molecular complexity index is 897. The number of nitrogens with one attached hydrogen (secondary N) is 2. The van der Waals surface area contributed by atoms with E-state index in [1.165, 1.54) is 7.11 Å². The van der Waals surface area contributed by atoms with Gasteiger partial charge in [0.2, 0.25) is 11.8 Å². The molecule has 0 saturated carbocycles. The predicted molar refractivity (Wildman–Crippen MR) is 106 cm³/mol. The van der Waals surface area contributed by atoms with Crippen LogP contribution in [-0.2, 0) is 21.7 Å². The lowest BCUT2D eigenvalue weighted by Crippen LogP contribution is -2.43. The van der Waals surface area contributed by atoms with Crippen LogP contribution in [0.1, 0.15) is 42.9 Å². The van der Waals surface area contributed by atoms with Crippen molar-refractivity contribution in [2.75, 3.05) is 19.0 Å². The lowest BCUT2D eigenvalue weighted by atomic mass is 9.74. The maximum absolute atomic E-state index is 13.4. The monoisotopic (exact) mass is 384 g/mol. The van der Waals surface area contributed by atoms with E-state index in [1.807, 2.05) is 24.3 Å². The Morgan fingerprint density at radius 3 is 2.64 bits per heavy atom. The van der Waals surface area contributed by atoms with Gasteiger partial charge in [0.15, 0.2) is 0 Å². The number of rotatable bonds is 6. The van der Waals surface area contributed by atoms with Gasteiger partial charge in [-0.2, -0.15) is 0 Å². The Balaban J connectivity index is 2.02. The van der Waals surface area contributed by atoms with Gasteiger partial charge in [-0.05, 0) is 34.7 Å². The van der Waals surface area contributed by atoms with Crippen LogP contribution in [0.2, 0.25) is 0 Å². The number of ether oxygens (including phenoxy) is 1. The van der Waals surface area contributed by atoms with E-state index in [0.29, 0.717) is 17.0 Å². The number of carbonyl (C=O) groups excluding carboxylic acids is 2. The SMILES string of the molecule is COc1cc(CF)ccc1NC(=O)C1(c2ccccc2C(C)C)CNC(=O)C1. The lowest BCUT2D eigenvalue weighted by molar-refractivity contribution is -0.124. The molecule has 1 heterocycles. The predicted octanol–water partition coefficient (Wildman–Crippen LogP) is 3.68. The van der Waals surface area contributed by atoms with Crippen LogP contribution < -0.4 is 15.4 Å². The first-order valence-electron chi connectivity index (χ1n) is 9.31. The molecular weight excluding hydrogens is 359 g/mol. The average Bonchev–Trinajstić information content (AvgIpc) is 3.11. The number of halogens is 1. The fraction of sp³-hybridized carbons (Fsp3) is 0.364. The molecule has 2 aromatic carbocycles. The highest BCUT2D eigenvalue weighted by atomic mass is 19.1. The third-order valence-corrected chi connectivity index (χ3v) is 5.25. The minimum atomic E-state index is -1.01. The minimum Gasteiger partial charge on any atom is -0.495 e. The number of hydrogen-bond donors (Lipinski definition) is 2. The fourth-order valence-electron chi connectivity index (χ4n) is 3.72. The van der Waals surface area contributed by atoms with Gasteiger partial charge in [-0.25, -0.2) is 4.39 Å². The Hall–Kier alpha value is -2.89. The highest BCUT2D eigenvalue weighted by Gasteiger charge is 2.48. The van der Waals surface area contributed by atoms with Gasteiger partial charge in [-0.15, -0.1) is 0 Å². The molecule has 0 aliphatic carbocycles. The average molecular weight is 384 g/mol. The van der Waals surface area contributed by atoms with Crippen LogP contribution >= 0.6 is 0 Å². The van der Waals surface area contributed by atoms with Gasteiger partial charge in [0.1, 0.15) is 17.8 Å². The van der Waals surface area contributed by atoms with E-state index >= 15 is 0 Å². The Labute approximate surface area is 164 Å². The molecule has 3 rings (SSSR count). The lowest BCUT2D eigenvalue weighted by Gasteiger charge is -2.30. The highest BCUT2D eigenvalue weighted by molar-refractivity contribution is 6.05. The quantitative estimate of drug-likeness (QED) is 0.798. The summed E-state index contributed by atoms with van der Waals surface area (Å²) >= 11 is 0. The van der Waals surface area contributed by atoms with E-state index in [9.17, 15) is 14.0 Å². The maximum Gasteiger partial charge on any atom is 0.237 e. The molecule has 28 heavy (non-hydrogen) atoms. The van der Waals surface area contributed by atoms with Crippen LogP contribution in [0.3, 0.4) is 0 Å². The Morgan fingerprint density at radius 1 is 1.29 bits per heavy atom. The van der Waals surface area contributed by atoms with Crippen LogP contribution in [0.4, 0.5) is 10.1 Å². The van der Waals surface area contributed by atoms with Crippen molar-refractivity contribution in [3.8, 4) is 5.75 Å². The van der Waals surface area contributed by atoms with Gasteiger partial charge in [-0.1, -0.05) is 44.2 Å². The first-order chi connectivity index (χ1) is 13.4. The molecular formula is C22H25FN2O3. The topological polar surface area (TPSA) is 67.4 Å². The van der Waals surface area contributed by atoms with E-state index in [4.69, 9.17) is 4.74 Å². The van der Waals surface area contributed by atoms with Gasteiger partial charge in [0, 0.05) is 13.0 Å². The second-order valence-corrected chi connectivity index (χ2v) is 7.40. The first kappa shape index (κ1) is 19.9. The molecule has 1 saturated heterocycles. The van der Waals surface area contributed by atoms with E-state index in [2.05, 4.69) is 24.5 Å². The zero-order valence-corrected chi connectivity index (χ0v) is 16.3. The van der Waals surface area contributed by atoms with E-state index in [0.717, 1.165) is 11.1 Å². The molecule has 0 spiro atoms. The summed E-state index contributed by atoms with van der Waals surface area (Å²) in [6.07, 6.45) is 0.0768. The summed E-state index contributed by atoms with van der Waals surface area (Å²) in [6.45, 7) is 3.74. The van der Waals surface area contributed by atoms with Crippen LogP contribution in [0.25, 0.3) is 0 Å². The van der Waals surface area contributed by atoms with Crippen molar-refractivity contribution >= 4 is 17.5 Å². The molecule has 2 aromatic rings. The molecule has 2 amide bonds. The van der Waals surface area contributed by atoms with Crippen molar-refractivity contribution in [1.82, 2.24) is 5.32 Å². The van der Waals surface area contributed by atoms with Gasteiger partial charge in [0.05, 0.1) is 12.8 Å². The van der Waals surface area contributed by atoms with Gasteiger partial charge < -0.3 is 15.4 Å². The summed E-state index contributed by atoms with van der Waals surface area (Å²) in [7, 11) is 1.47. The van der Waals surface area contributed by atoms with Crippen molar-refractivity contribution in [3.63, 3.8) is 0 Å². The van der Waals surface area contributed by atoms with Crippen molar-refractivity contribution in [1.29, 1.82) is 0 Å². The minimum absolute atomic E-state index is 0.0768. The molecule has 1 fully saturated rings. The van der Waals surface area contributed by atoms with Crippen molar-refractivity contribution in [2.24, 2.45) is 0 Å². The van der Waals surface area contributed by atoms with Crippen LogP contribution in [0.15, 0.2) is 42.5 Å². The Morgan fingerprint density at radius 2 is 2.04 bits per heavy atom. The molecule has 1 aliphatic heterocycles. The van der Waals surface area contributed by atoms with Crippen LogP contribution in [-0.4, -0.2) is 25.5 Å². The van der Waals surface area contributed by atoms with Crippen molar-refractivity contribution in [3.05, 3.63) is 59.2 Å². The smallest absolute Gasteiger partial charge is 0.237 e. The molecule has 0 aromatic heterocycles. The normalized spacial score (nSPS) is 18.8. The second-order valence-electron chi connectivity index (χ2n) is 7.40. The largest absolute Gasteiger partial charge is 0.495 e. The molecule has 1 atom stereocenters. The van der Waals surface area contributed by atoms with E-state index in [-0.39, 0.29) is 30.7 Å². The zero-order chi connectivity index (χ0) is 20.3. The molecule has 148 valence electrons. The summed E-state index contributed by atoms with van der Waals surface area (Å²) in [5.74, 6) is 0.140. The number of hydrogen-bond acceptors (Lipinski definition) is 3. The molecule has 6 heteroatoms. The van der Waals surface area contributed by atoms with Gasteiger partial charge in [-0.3, -0.25) is 9.59 Å². The number of methoxy groups -OCH3 is 1. The summed E-state index contributed by atoms with van der Waals surface area (Å²) in [4.78, 5) is 25.6. The van der Waals surface area contributed by atoms with Gasteiger partial charge >= 0.3 is 0 Å². The van der Waals surface area contributed by atoms with Crippen LogP contribution in [0, 0.1) is 0 Å². The summed E-state index contributed by atoms with van der Waals surface area (Å²) in [5, 5.41) is 5.71. The molecule has 0 radical (unpaired) electrons. The summed E-state index contributed by atoms with van der Waals surface area (Å²) in [5.41, 5.74) is 1.79. The third kappa shape index (κ3) is 3.59. The van der Waals surface area contributed by atoms with Crippen molar-refractivity contribution in [2.45, 2.75) is 38.3 Å². The second kappa shape index (κ2) is 8.00. The fourth-order valence-corrected chi connectivity index (χ4v) is 3.72. The van der Waals surface area contributed by atoms with E-state index < -0.39 is 12.1 Å². The molecule has 5 nitrogen and oxygen atoms in total. The zero-order valence-electron chi connectivity index (χ0n) is 16.3. The standard InChI is InChI=1S/C22H25FN2O3/c1-14(2)16-6-4-5-7-17(16)22(11-20(26)24-13-22)21(27)25-18-9-8-15(12-23)10-19(18)28-3/h4-10,14H,11-13H2,1-3H3,(H,24,26)(H,25,27). The third-order valence-electron chi connectivity index (χ3n) is 5.25. The van der Waals surface area contributed by atoms with E-state index in [1.54, 1.807) is 18.2 Å². The Kier molecular flexibility index (Phi) is 5.68. The number of alkyl halides is 1. The number of anilines is 1. The summed E-state index contributed by atoms with van der Waals surface area (Å²) < 4.78 is 18.2. The summed E-state index contributed by atoms with van der Waals surface area (Å²) in [6, 6.07) is 12.5. The number of carbonyl (C=O) groups is 2. The molecule has 1 aliphatic rings. The van der Waals surface area contributed by atoms with Crippen molar-refractivity contribution < 1.29 is 18.7 Å². The van der Waals surface area contributed by atoms with Gasteiger partial charge in [0.25, 0.3) is 0 Å². The molecule has 1 unspecified atom stereocenters. The number of benzene rings is 2. The van der Waals surface area contributed by atoms with Crippen LogP contribution in [0.5, 0.6) is 5.75 Å². The number of amides is 2. The maximum atomic E-state index is 13.4. The highest BCUT2D eigenvalue weighted by Crippen LogP contribution is 2.38. The first-order valence-corrected chi connectivity index (χ1v) is 9.31.